The summed E-state index contributed by atoms with van der Waals surface area (Å²) >= 11 is 0. The predicted octanol–water partition coefficient (Wildman–Crippen LogP) is 1.44. The van der Waals surface area contributed by atoms with Crippen LogP contribution in [0.2, 0.25) is 0 Å². The fourth-order valence-electron chi connectivity index (χ4n) is 7.04. The third-order valence-electron chi connectivity index (χ3n) is 9.16. The summed E-state index contributed by atoms with van der Waals surface area (Å²) in [5.41, 5.74) is 0. The second kappa shape index (κ2) is 10.5. The van der Waals surface area contributed by atoms with Gasteiger partial charge in [-0.2, -0.15) is 4.59 Å². The lowest BCUT2D eigenvalue weighted by molar-refractivity contribution is -0.874. The van der Waals surface area contributed by atoms with Crippen LogP contribution in [0.3, 0.4) is 0 Å². The first-order valence-electron chi connectivity index (χ1n) is 13.8. The Hall–Kier alpha value is -0.770. The van der Waals surface area contributed by atoms with Crippen LogP contribution in [0, 0.1) is 11.8 Å². The summed E-state index contributed by atoms with van der Waals surface area (Å²) in [5.74, 6) is 1.29. The van der Waals surface area contributed by atoms with Crippen LogP contribution < -0.4 is 16.0 Å². The van der Waals surface area contributed by atoms with Crippen molar-refractivity contribution in [2.24, 2.45) is 11.8 Å². The largest absolute Gasteiger partial charge is 0.379 e. The maximum atomic E-state index is 12.9. The molecule has 33 heavy (non-hydrogen) atoms. The molecule has 8 nitrogen and oxygen atoms in total. The molecule has 3 heterocycles. The molecule has 3 aliphatic heterocycles. The van der Waals surface area contributed by atoms with Gasteiger partial charge in [0.1, 0.15) is 0 Å². The number of nitrogens with one attached hydrogen (secondary N) is 3. The van der Waals surface area contributed by atoms with Crippen LogP contribution in [0.1, 0.15) is 64.7 Å². The van der Waals surface area contributed by atoms with E-state index in [0.29, 0.717) is 24.5 Å². The third kappa shape index (κ3) is 5.41. The molecule has 3 saturated heterocycles. The molecular weight excluding hydrogens is 416 g/mol. The molecule has 2 aliphatic carbocycles. The zero-order valence-corrected chi connectivity index (χ0v) is 20.9. The lowest BCUT2D eigenvalue weighted by Crippen LogP contribution is -2.54. The fourth-order valence-corrected chi connectivity index (χ4v) is 7.04. The van der Waals surface area contributed by atoms with Crippen molar-refractivity contribution in [2.45, 2.75) is 89.3 Å². The number of ether oxygens (including phenoxy) is 1. The minimum absolute atomic E-state index is 0.163. The molecule has 0 aromatic heterocycles. The van der Waals surface area contributed by atoms with Crippen LogP contribution in [0.4, 0.5) is 0 Å². The van der Waals surface area contributed by atoms with Crippen molar-refractivity contribution in [1.29, 1.82) is 0 Å². The maximum absolute atomic E-state index is 12.9. The van der Waals surface area contributed by atoms with E-state index in [1.807, 2.05) is 0 Å². The van der Waals surface area contributed by atoms with Crippen LogP contribution in [-0.4, -0.2) is 97.9 Å². The second-order valence-corrected chi connectivity index (χ2v) is 11.5. The zero-order chi connectivity index (χ0) is 22.8. The molecule has 0 spiro atoms. The highest BCUT2D eigenvalue weighted by molar-refractivity contribution is 5.78. The standard InChI is InChI=1S/C25H46N6O2/c1-19-5-3-7-21(17-19)28-25-30-11-9-23(31(25,30)2)27-22-8-4-6-20(18-22)24(32)26-10-12-29-13-15-33-16-14-29/h19-23,25,27-28H,3-18H2,1-2H3/p+1. The van der Waals surface area contributed by atoms with E-state index in [0.717, 1.165) is 69.2 Å². The van der Waals surface area contributed by atoms with E-state index in [1.54, 1.807) is 0 Å². The van der Waals surface area contributed by atoms with E-state index < -0.39 is 0 Å². The topological polar surface area (TPSA) is 68.6 Å². The van der Waals surface area contributed by atoms with Crippen molar-refractivity contribution in [3.05, 3.63) is 0 Å². The Morgan fingerprint density at radius 2 is 1.73 bits per heavy atom. The molecule has 3 N–H and O–H groups in total. The SMILES string of the molecule is CC1CCCC(NC2N3CCC(NC4CCCC(C(=O)NCCN5CCOCC5)C4)[N+]23C)C1. The minimum atomic E-state index is 0.163. The normalized spacial score (nSPS) is 43.8. The predicted molar refractivity (Wildman–Crippen MR) is 129 cm³/mol. The molecule has 1 amide bonds. The van der Waals surface area contributed by atoms with Gasteiger partial charge in [0.2, 0.25) is 5.91 Å². The number of hydrogen-bond acceptors (Lipinski definition) is 6. The van der Waals surface area contributed by atoms with Crippen molar-refractivity contribution in [1.82, 2.24) is 25.9 Å². The molecule has 8 atom stereocenters. The molecule has 188 valence electrons. The van der Waals surface area contributed by atoms with Gasteiger partial charge < -0.3 is 10.1 Å². The van der Waals surface area contributed by atoms with Crippen molar-refractivity contribution in [2.75, 3.05) is 53.0 Å². The van der Waals surface area contributed by atoms with Gasteiger partial charge in [-0.1, -0.05) is 31.2 Å². The van der Waals surface area contributed by atoms with Gasteiger partial charge in [0.25, 0.3) is 6.29 Å². The van der Waals surface area contributed by atoms with Crippen LogP contribution >= 0.6 is 0 Å². The second-order valence-electron chi connectivity index (χ2n) is 11.5. The molecule has 0 aromatic carbocycles. The molecule has 0 bridgehead atoms. The summed E-state index contributed by atoms with van der Waals surface area (Å²) in [4.78, 5) is 15.2. The van der Waals surface area contributed by atoms with Crippen LogP contribution in [0.25, 0.3) is 0 Å². The Labute approximate surface area is 200 Å². The van der Waals surface area contributed by atoms with E-state index in [-0.39, 0.29) is 11.8 Å². The van der Waals surface area contributed by atoms with Gasteiger partial charge in [-0.3, -0.25) is 15.0 Å². The lowest BCUT2D eigenvalue weighted by atomic mass is 9.85. The third-order valence-corrected chi connectivity index (χ3v) is 9.16. The molecule has 5 aliphatic rings. The van der Waals surface area contributed by atoms with Crippen molar-refractivity contribution >= 4 is 5.91 Å². The van der Waals surface area contributed by atoms with Crippen molar-refractivity contribution < 1.29 is 14.1 Å². The maximum Gasteiger partial charge on any atom is 0.264 e. The molecule has 8 heteroatoms. The number of rotatable bonds is 8. The molecular formula is C25H47N6O2+. The van der Waals surface area contributed by atoms with Crippen LogP contribution in [-0.2, 0) is 9.53 Å². The number of fused-ring (bicyclic) bond motifs is 1. The molecule has 2 saturated carbocycles. The molecule has 5 rings (SSSR count). The highest BCUT2D eigenvalue weighted by Crippen LogP contribution is 2.44. The van der Waals surface area contributed by atoms with E-state index in [1.165, 1.54) is 45.1 Å². The van der Waals surface area contributed by atoms with Crippen LogP contribution in [0.15, 0.2) is 0 Å². The van der Waals surface area contributed by atoms with Gasteiger partial charge in [-0.25, -0.2) is 5.32 Å². The number of carbonyl (C=O) groups excluding carboxylic acids is 1. The Morgan fingerprint density at radius 1 is 0.970 bits per heavy atom. The number of carbonyl (C=O) groups is 1. The zero-order valence-electron chi connectivity index (χ0n) is 20.9. The Bertz CT molecular complexity index is 673. The number of amides is 1. The summed E-state index contributed by atoms with van der Waals surface area (Å²) in [6.45, 7) is 8.87. The summed E-state index contributed by atoms with van der Waals surface area (Å²) in [7, 11) is 2.40. The molecule has 0 aromatic rings. The summed E-state index contributed by atoms with van der Waals surface area (Å²) in [6.07, 6.45) is 12.0. The highest BCUT2D eigenvalue weighted by Gasteiger charge is 2.70. The van der Waals surface area contributed by atoms with Gasteiger partial charge in [0.15, 0.2) is 6.17 Å². The quantitative estimate of drug-likeness (QED) is 0.374. The van der Waals surface area contributed by atoms with Gasteiger partial charge in [0.05, 0.1) is 26.8 Å². The van der Waals surface area contributed by atoms with Gasteiger partial charge >= 0.3 is 0 Å². The molecule has 0 radical (unpaired) electrons. The lowest BCUT2D eigenvalue weighted by Gasteiger charge is -2.33. The van der Waals surface area contributed by atoms with Gasteiger partial charge in [-0.15, -0.1) is 0 Å². The number of quaternary nitrogens is 1. The van der Waals surface area contributed by atoms with Gasteiger partial charge in [0, 0.05) is 50.6 Å². The van der Waals surface area contributed by atoms with E-state index in [2.05, 4.69) is 39.8 Å². The molecule has 8 unspecified atom stereocenters. The van der Waals surface area contributed by atoms with Crippen LogP contribution in [0.5, 0.6) is 0 Å². The van der Waals surface area contributed by atoms with Crippen molar-refractivity contribution in [3.8, 4) is 0 Å². The first-order chi connectivity index (χ1) is 16.0. The first kappa shape index (κ1) is 23.9. The van der Waals surface area contributed by atoms with E-state index in [9.17, 15) is 4.79 Å². The minimum Gasteiger partial charge on any atom is -0.379 e. The first-order valence-corrected chi connectivity index (χ1v) is 13.8. The average molecular weight is 464 g/mol. The summed E-state index contributed by atoms with van der Waals surface area (Å²) < 4.78 is 6.42. The highest BCUT2D eigenvalue weighted by atomic mass is 16.5. The monoisotopic (exact) mass is 463 g/mol. The van der Waals surface area contributed by atoms with E-state index in [4.69, 9.17) is 4.74 Å². The summed E-state index contributed by atoms with van der Waals surface area (Å²) in [6, 6.07) is 1.14. The Balaban J connectivity index is 1.06. The number of nitrogens with zero attached hydrogens (tertiary/aromatic N) is 3. The number of hydrogen-bond donors (Lipinski definition) is 3. The Morgan fingerprint density at radius 3 is 2.52 bits per heavy atom. The summed E-state index contributed by atoms with van der Waals surface area (Å²) in [5, 5.41) is 13.8. The smallest absolute Gasteiger partial charge is 0.264 e. The van der Waals surface area contributed by atoms with E-state index >= 15 is 0 Å². The Kier molecular flexibility index (Phi) is 7.59. The molecule has 5 fully saturated rings. The number of morpholine rings is 1. The average Bonchev–Trinajstić information content (AvgIpc) is 3.23. The fraction of sp³-hybridized carbons (Fsp3) is 0.960. The van der Waals surface area contributed by atoms with Gasteiger partial charge in [-0.05, 0) is 38.0 Å². The van der Waals surface area contributed by atoms with Crippen molar-refractivity contribution in [3.63, 3.8) is 0 Å².